The number of hydrogen-bond acceptors (Lipinski definition) is 3. The number of hydrogen-bond donors (Lipinski definition) is 2. The lowest BCUT2D eigenvalue weighted by atomic mass is 10.1. The number of methoxy groups -OCH3 is 1. The normalized spacial score (nSPS) is 11.8. The first-order chi connectivity index (χ1) is 10.6. The van der Waals surface area contributed by atoms with Gasteiger partial charge in [-0.3, -0.25) is 4.79 Å². The molecular formula is C17H18ClNO3. The number of carbonyl (C=O) groups excluding carboxylic acids is 1. The molecule has 0 aromatic heterocycles. The highest BCUT2D eigenvalue weighted by atomic mass is 35.5. The van der Waals surface area contributed by atoms with Gasteiger partial charge in [-0.05, 0) is 30.2 Å². The molecule has 5 heteroatoms. The first-order valence-corrected chi connectivity index (χ1v) is 7.34. The number of aliphatic hydroxyl groups is 1. The van der Waals surface area contributed by atoms with Crippen LogP contribution in [0, 0.1) is 0 Å². The second-order valence-electron chi connectivity index (χ2n) is 4.82. The third-order valence-electron chi connectivity index (χ3n) is 3.29. The van der Waals surface area contributed by atoms with Crippen LogP contribution in [0.1, 0.15) is 28.4 Å². The molecule has 4 nitrogen and oxygen atoms in total. The minimum absolute atomic E-state index is 0.278. The summed E-state index contributed by atoms with van der Waals surface area (Å²) in [6.07, 6.45) is -0.179. The van der Waals surface area contributed by atoms with Crippen LogP contribution in [0.3, 0.4) is 0 Å². The van der Waals surface area contributed by atoms with Crippen LogP contribution < -0.4 is 10.1 Å². The lowest BCUT2D eigenvalue weighted by Gasteiger charge is -2.13. The molecule has 22 heavy (non-hydrogen) atoms. The number of carbonyl (C=O) groups is 1. The Bertz CT molecular complexity index is 631. The first kappa shape index (κ1) is 16.3. The minimum atomic E-state index is -0.609. The lowest BCUT2D eigenvalue weighted by molar-refractivity contribution is 0.0939. The van der Waals surface area contributed by atoms with E-state index in [9.17, 15) is 9.90 Å². The second kappa shape index (κ2) is 7.82. The van der Waals surface area contributed by atoms with E-state index in [0.717, 1.165) is 5.56 Å². The summed E-state index contributed by atoms with van der Waals surface area (Å²) >= 11 is 5.91. The third-order valence-corrected chi connectivity index (χ3v) is 3.53. The van der Waals surface area contributed by atoms with Crippen molar-refractivity contribution in [1.29, 1.82) is 0 Å². The molecule has 1 amide bonds. The van der Waals surface area contributed by atoms with Crippen LogP contribution in [0.5, 0.6) is 5.75 Å². The van der Waals surface area contributed by atoms with Gasteiger partial charge in [0, 0.05) is 11.6 Å². The van der Waals surface area contributed by atoms with E-state index >= 15 is 0 Å². The fourth-order valence-corrected chi connectivity index (χ4v) is 2.29. The van der Waals surface area contributed by atoms with E-state index in [2.05, 4.69) is 5.32 Å². The standard InChI is InChI=1S/C17H18ClNO3/c1-22-16-8-7-13(18)11-14(16)17(21)19-10-9-15(20)12-5-3-2-4-6-12/h2-8,11,15,20H,9-10H2,1H3,(H,19,21)/t15-/m0/s1. The largest absolute Gasteiger partial charge is 0.496 e. The summed E-state index contributed by atoms with van der Waals surface area (Å²) in [4.78, 5) is 12.2. The predicted octanol–water partition coefficient (Wildman–Crippen LogP) is 3.20. The lowest BCUT2D eigenvalue weighted by Crippen LogP contribution is -2.26. The number of halogens is 1. The molecule has 2 rings (SSSR count). The van der Waals surface area contributed by atoms with Crippen molar-refractivity contribution in [3.8, 4) is 5.75 Å². The molecule has 0 heterocycles. The minimum Gasteiger partial charge on any atom is -0.496 e. The summed E-state index contributed by atoms with van der Waals surface area (Å²) in [7, 11) is 1.50. The summed E-state index contributed by atoms with van der Waals surface area (Å²) in [5.41, 5.74) is 1.21. The van der Waals surface area contributed by atoms with E-state index in [1.54, 1.807) is 18.2 Å². The summed E-state index contributed by atoms with van der Waals surface area (Å²) in [5.74, 6) is 0.185. The van der Waals surface area contributed by atoms with Crippen LogP contribution in [0.25, 0.3) is 0 Å². The van der Waals surface area contributed by atoms with E-state index < -0.39 is 6.10 Å². The van der Waals surface area contributed by atoms with E-state index in [1.165, 1.54) is 7.11 Å². The van der Waals surface area contributed by atoms with Gasteiger partial charge in [0.15, 0.2) is 0 Å². The van der Waals surface area contributed by atoms with Gasteiger partial charge in [-0.2, -0.15) is 0 Å². The Kier molecular flexibility index (Phi) is 5.81. The Hall–Kier alpha value is -2.04. The molecule has 0 saturated heterocycles. The van der Waals surface area contributed by atoms with Crippen LogP contribution in [0.2, 0.25) is 5.02 Å². The van der Waals surface area contributed by atoms with Gasteiger partial charge >= 0.3 is 0 Å². The number of aliphatic hydroxyl groups excluding tert-OH is 1. The molecule has 2 aromatic rings. The summed E-state index contributed by atoms with van der Waals surface area (Å²) < 4.78 is 5.15. The van der Waals surface area contributed by atoms with Crippen LogP contribution >= 0.6 is 11.6 Å². The highest BCUT2D eigenvalue weighted by Crippen LogP contribution is 2.22. The van der Waals surface area contributed by atoms with Crippen molar-refractivity contribution in [3.05, 3.63) is 64.7 Å². The van der Waals surface area contributed by atoms with Crippen molar-refractivity contribution in [3.63, 3.8) is 0 Å². The maximum atomic E-state index is 12.2. The Morgan fingerprint density at radius 2 is 2.00 bits per heavy atom. The van der Waals surface area contributed by atoms with Gasteiger partial charge in [-0.1, -0.05) is 41.9 Å². The zero-order chi connectivity index (χ0) is 15.9. The van der Waals surface area contributed by atoms with Crippen molar-refractivity contribution in [2.24, 2.45) is 0 Å². The van der Waals surface area contributed by atoms with Gasteiger partial charge < -0.3 is 15.2 Å². The molecule has 2 aromatic carbocycles. The van der Waals surface area contributed by atoms with E-state index in [1.807, 2.05) is 30.3 Å². The summed E-state index contributed by atoms with van der Waals surface area (Å²) in [6, 6.07) is 14.2. The molecule has 0 radical (unpaired) electrons. The molecule has 0 aliphatic heterocycles. The number of nitrogens with one attached hydrogen (secondary N) is 1. The Morgan fingerprint density at radius 3 is 2.68 bits per heavy atom. The van der Waals surface area contributed by atoms with E-state index in [4.69, 9.17) is 16.3 Å². The van der Waals surface area contributed by atoms with E-state index in [0.29, 0.717) is 29.3 Å². The maximum Gasteiger partial charge on any atom is 0.255 e. The van der Waals surface area contributed by atoms with Crippen LogP contribution in [0.15, 0.2) is 48.5 Å². The quantitative estimate of drug-likeness (QED) is 0.859. The molecule has 0 unspecified atom stereocenters. The zero-order valence-electron chi connectivity index (χ0n) is 12.3. The first-order valence-electron chi connectivity index (χ1n) is 6.96. The van der Waals surface area contributed by atoms with Gasteiger partial charge in [0.05, 0.1) is 18.8 Å². The third kappa shape index (κ3) is 4.23. The van der Waals surface area contributed by atoms with Crippen molar-refractivity contribution in [2.45, 2.75) is 12.5 Å². The molecule has 0 aliphatic rings. The fraction of sp³-hybridized carbons (Fsp3) is 0.235. The molecule has 0 saturated carbocycles. The van der Waals surface area contributed by atoms with Crippen LogP contribution in [0.4, 0.5) is 0 Å². The van der Waals surface area contributed by atoms with Crippen molar-refractivity contribution >= 4 is 17.5 Å². The average Bonchev–Trinajstić information content (AvgIpc) is 2.55. The summed E-state index contributed by atoms with van der Waals surface area (Å²) in [6.45, 7) is 0.352. The van der Waals surface area contributed by atoms with Crippen molar-refractivity contribution in [1.82, 2.24) is 5.32 Å². The van der Waals surface area contributed by atoms with Gasteiger partial charge in [0.1, 0.15) is 5.75 Å². The zero-order valence-corrected chi connectivity index (χ0v) is 13.0. The molecule has 0 bridgehead atoms. The number of amides is 1. The van der Waals surface area contributed by atoms with Gasteiger partial charge in [0.25, 0.3) is 5.91 Å². The van der Waals surface area contributed by atoms with Crippen molar-refractivity contribution in [2.75, 3.05) is 13.7 Å². The summed E-state index contributed by atoms with van der Waals surface area (Å²) in [5, 5.41) is 13.3. The van der Waals surface area contributed by atoms with Crippen LogP contribution in [-0.4, -0.2) is 24.7 Å². The Morgan fingerprint density at radius 1 is 1.27 bits per heavy atom. The van der Waals surface area contributed by atoms with Gasteiger partial charge in [-0.25, -0.2) is 0 Å². The monoisotopic (exact) mass is 319 g/mol. The SMILES string of the molecule is COc1ccc(Cl)cc1C(=O)NCC[C@H](O)c1ccccc1. The number of ether oxygens (including phenoxy) is 1. The average molecular weight is 320 g/mol. The molecular weight excluding hydrogens is 302 g/mol. The topological polar surface area (TPSA) is 58.6 Å². The second-order valence-corrected chi connectivity index (χ2v) is 5.25. The van der Waals surface area contributed by atoms with Crippen molar-refractivity contribution < 1.29 is 14.6 Å². The highest BCUT2D eigenvalue weighted by Gasteiger charge is 2.13. The van der Waals surface area contributed by atoms with E-state index in [-0.39, 0.29) is 5.91 Å². The van der Waals surface area contributed by atoms with Crippen LogP contribution in [-0.2, 0) is 0 Å². The molecule has 2 N–H and O–H groups in total. The molecule has 0 aliphatic carbocycles. The number of rotatable bonds is 6. The van der Waals surface area contributed by atoms with Gasteiger partial charge in [0.2, 0.25) is 0 Å². The highest BCUT2D eigenvalue weighted by molar-refractivity contribution is 6.31. The molecule has 0 fully saturated rings. The Balaban J connectivity index is 1.92. The number of benzene rings is 2. The fourth-order valence-electron chi connectivity index (χ4n) is 2.12. The van der Waals surface area contributed by atoms with Gasteiger partial charge in [-0.15, -0.1) is 0 Å². The predicted molar refractivity (Wildman–Crippen MR) is 86.4 cm³/mol. The Labute approximate surface area is 134 Å². The maximum absolute atomic E-state index is 12.2. The molecule has 1 atom stereocenters. The molecule has 0 spiro atoms. The molecule has 116 valence electrons. The smallest absolute Gasteiger partial charge is 0.255 e.